The van der Waals surface area contributed by atoms with E-state index in [0.29, 0.717) is 30.3 Å². The summed E-state index contributed by atoms with van der Waals surface area (Å²) in [6, 6.07) is 15.4. The minimum atomic E-state index is -3.67. The van der Waals surface area contributed by atoms with Crippen LogP contribution in [0, 0.1) is 5.92 Å². The van der Waals surface area contributed by atoms with Gasteiger partial charge in [0.1, 0.15) is 0 Å². The lowest BCUT2D eigenvalue weighted by molar-refractivity contribution is 0.204. The summed E-state index contributed by atoms with van der Waals surface area (Å²) in [7, 11) is -7.28. The number of hydrogen-bond acceptors (Lipinski definition) is 4. The standard InChI is InChI=1S/C20H22N2O4S2/c23-27(24,17-6-2-1-3-7-17)21-13-12-20(15-21)18-8-4-5-9-19(18)28(25,26)22(20)14-16-10-11-16/h1-9,16H,10-15H2/t20-/m0/s1. The van der Waals surface area contributed by atoms with Crippen LogP contribution in [0.1, 0.15) is 24.8 Å². The van der Waals surface area contributed by atoms with E-state index in [1.54, 1.807) is 46.8 Å². The second kappa shape index (κ2) is 6.13. The number of sulfonamides is 2. The predicted octanol–water partition coefficient (Wildman–Crippen LogP) is 2.39. The topological polar surface area (TPSA) is 74.8 Å². The maximum Gasteiger partial charge on any atom is 0.244 e. The van der Waals surface area contributed by atoms with Gasteiger partial charge in [-0.3, -0.25) is 0 Å². The van der Waals surface area contributed by atoms with Crippen LogP contribution >= 0.6 is 0 Å². The van der Waals surface area contributed by atoms with Crippen LogP contribution < -0.4 is 0 Å². The summed E-state index contributed by atoms with van der Waals surface area (Å²) in [5.74, 6) is 0.376. The third-order valence-corrected chi connectivity index (χ3v) is 10.00. The number of rotatable bonds is 4. The molecule has 1 saturated heterocycles. The molecule has 2 heterocycles. The van der Waals surface area contributed by atoms with Crippen molar-refractivity contribution in [1.82, 2.24) is 8.61 Å². The minimum Gasteiger partial charge on any atom is -0.207 e. The molecule has 2 aromatic rings. The number of benzene rings is 2. The zero-order chi connectivity index (χ0) is 19.6. The lowest BCUT2D eigenvalue weighted by Crippen LogP contribution is -2.47. The van der Waals surface area contributed by atoms with Gasteiger partial charge in [-0.15, -0.1) is 0 Å². The first-order valence-corrected chi connectivity index (χ1v) is 12.4. The van der Waals surface area contributed by atoms with Gasteiger partial charge in [0.2, 0.25) is 20.0 Å². The van der Waals surface area contributed by atoms with E-state index in [2.05, 4.69) is 0 Å². The molecule has 5 rings (SSSR count). The molecule has 1 spiro atoms. The largest absolute Gasteiger partial charge is 0.244 e. The Bertz CT molecular complexity index is 1130. The van der Waals surface area contributed by atoms with Crippen LogP contribution in [0.3, 0.4) is 0 Å². The second-order valence-corrected chi connectivity index (χ2v) is 11.7. The van der Waals surface area contributed by atoms with Crippen molar-refractivity contribution in [3.63, 3.8) is 0 Å². The molecular weight excluding hydrogens is 396 g/mol. The molecular formula is C20H22N2O4S2. The van der Waals surface area contributed by atoms with Crippen molar-refractivity contribution < 1.29 is 16.8 Å². The van der Waals surface area contributed by atoms with Gasteiger partial charge in [0.15, 0.2) is 0 Å². The third kappa shape index (κ3) is 2.58. The van der Waals surface area contributed by atoms with E-state index in [0.717, 1.165) is 18.4 Å². The normalized spacial score (nSPS) is 27.3. The van der Waals surface area contributed by atoms with Crippen LogP contribution in [-0.2, 0) is 25.6 Å². The van der Waals surface area contributed by atoms with Crippen LogP contribution in [0.15, 0.2) is 64.4 Å². The smallest absolute Gasteiger partial charge is 0.207 e. The summed E-state index contributed by atoms with van der Waals surface area (Å²) in [5.41, 5.74) is -0.0683. The van der Waals surface area contributed by atoms with E-state index in [4.69, 9.17) is 0 Å². The molecule has 2 aromatic carbocycles. The van der Waals surface area contributed by atoms with Gasteiger partial charge in [0.25, 0.3) is 0 Å². The van der Waals surface area contributed by atoms with Crippen molar-refractivity contribution in [2.24, 2.45) is 5.92 Å². The van der Waals surface area contributed by atoms with E-state index >= 15 is 0 Å². The molecule has 2 fully saturated rings. The van der Waals surface area contributed by atoms with Gasteiger partial charge in [0.05, 0.1) is 15.3 Å². The van der Waals surface area contributed by atoms with Gasteiger partial charge >= 0.3 is 0 Å². The van der Waals surface area contributed by atoms with E-state index < -0.39 is 25.6 Å². The highest BCUT2D eigenvalue weighted by Gasteiger charge is 2.58. The first-order chi connectivity index (χ1) is 13.4. The van der Waals surface area contributed by atoms with Crippen molar-refractivity contribution in [1.29, 1.82) is 0 Å². The Balaban J connectivity index is 1.59. The molecule has 0 unspecified atom stereocenters. The molecule has 1 aliphatic carbocycles. The van der Waals surface area contributed by atoms with Crippen molar-refractivity contribution in [3.05, 3.63) is 60.2 Å². The fourth-order valence-electron chi connectivity index (χ4n) is 4.50. The van der Waals surface area contributed by atoms with Crippen LogP contribution in [0.4, 0.5) is 0 Å². The Morgan fingerprint density at radius 1 is 1.00 bits per heavy atom. The molecule has 0 aromatic heterocycles. The van der Waals surface area contributed by atoms with Crippen molar-refractivity contribution in [2.45, 2.75) is 34.6 Å². The zero-order valence-electron chi connectivity index (χ0n) is 15.4. The van der Waals surface area contributed by atoms with Gasteiger partial charge in [-0.05, 0) is 48.9 Å². The van der Waals surface area contributed by atoms with Gasteiger partial charge in [-0.25, -0.2) is 16.8 Å². The van der Waals surface area contributed by atoms with Crippen molar-refractivity contribution in [3.8, 4) is 0 Å². The molecule has 1 saturated carbocycles. The molecule has 0 amide bonds. The molecule has 8 heteroatoms. The van der Waals surface area contributed by atoms with E-state index in [-0.39, 0.29) is 11.4 Å². The highest BCUT2D eigenvalue weighted by molar-refractivity contribution is 7.89. The summed E-state index contributed by atoms with van der Waals surface area (Å²) < 4.78 is 55.9. The molecule has 2 aliphatic heterocycles. The SMILES string of the molecule is O=S(=O)(c1ccccc1)N1CC[C@]2(C1)c1ccccc1S(=O)(=O)N2CC1CC1. The van der Waals surface area contributed by atoms with Crippen molar-refractivity contribution in [2.75, 3.05) is 19.6 Å². The average Bonchev–Trinajstić information content (AvgIpc) is 3.38. The maximum absolute atomic E-state index is 13.3. The summed E-state index contributed by atoms with van der Waals surface area (Å²) in [6.45, 7) is 0.936. The number of nitrogens with zero attached hydrogens (tertiary/aromatic N) is 2. The zero-order valence-corrected chi connectivity index (χ0v) is 17.0. The van der Waals surface area contributed by atoms with Crippen LogP contribution in [0.2, 0.25) is 0 Å². The number of hydrogen-bond donors (Lipinski definition) is 0. The number of fused-ring (bicyclic) bond motifs is 2. The summed E-state index contributed by atoms with van der Waals surface area (Å²) >= 11 is 0. The van der Waals surface area contributed by atoms with Crippen LogP contribution in [-0.4, -0.2) is 45.1 Å². The van der Waals surface area contributed by atoms with Crippen molar-refractivity contribution >= 4 is 20.0 Å². The van der Waals surface area contributed by atoms with E-state index in [1.807, 2.05) is 12.1 Å². The Morgan fingerprint density at radius 3 is 2.39 bits per heavy atom. The van der Waals surface area contributed by atoms with Gasteiger partial charge in [-0.1, -0.05) is 36.4 Å². The summed E-state index contributed by atoms with van der Waals surface area (Å²) in [6.07, 6.45) is 2.54. The van der Waals surface area contributed by atoms with Gasteiger partial charge in [0, 0.05) is 19.6 Å². The second-order valence-electron chi connectivity index (χ2n) is 7.91. The third-order valence-electron chi connectivity index (χ3n) is 6.15. The monoisotopic (exact) mass is 418 g/mol. The molecule has 148 valence electrons. The maximum atomic E-state index is 13.3. The summed E-state index contributed by atoms with van der Waals surface area (Å²) in [5, 5.41) is 0. The first kappa shape index (κ1) is 18.3. The first-order valence-electron chi connectivity index (χ1n) is 9.53. The predicted molar refractivity (Wildman–Crippen MR) is 105 cm³/mol. The molecule has 6 nitrogen and oxygen atoms in total. The Morgan fingerprint density at radius 2 is 1.68 bits per heavy atom. The van der Waals surface area contributed by atoms with Crippen LogP contribution in [0.25, 0.3) is 0 Å². The van der Waals surface area contributed by atoms with E-state index in [1.165, 1.54) is 4.31 Å². The van der Waals surface area contributed by atoms with Gasteiger partial charge in [-0.2, -0.15) is 8.61 Å². The average molecular weight is 419 g/mol. The molecule has 0 N–H and O–H groups in total. The fourth-order valence-corrected chi connectivity index (χ4v) is 8.15. The highest BCUT2D eigenvalue weighted by atomic mass is 32.2. The molecule has 0 radical (unpaired) electrons. The Kier molecular flexibility index (Phi) is 4.00. The lowest BCUT2D eigenvalue weighted by Gasteiger charge is -2.34. The molecule has 28 heavy (non-hydrogen) atoms. The molecule has 3 aliphatic rings. The molecule has 1 atom stereocenters. The quantitative estimate of drug-likeness (QED) is 0.764. The Labute approximate surface area is 165 Å². The fraction of sp³-hybridized carbons (Fsp3) is 0.400. The minimum absolute atomic E-state index is 0.160. The van der Waals surface area contributed by atoms with Gasteiger partial charge < -0.3 is 0 Å². The van der Waals surface area contributed by atoms with E-state index in [9.17, 15) is 16.8 Å². The van der Waals surface area contributed by atoms with Crippen LogP contribution in [0.5, 0.6) is 0 Å². The Hall–Kier alpha value is -1.74. The molecule has 0 bridgehead atoms. The lowest BCUT2D eigenvalue weighted by atomic mass is 9.89. The highest BCUT2D eigenvalue weighted by Crippen LogP contribution is 2.51. The summed E-state index contributed by atoms with van der Waals surface area (Å²) in [4.78, 5) is 0.574.